The second-order valence-corrected chi connectivity index (χ2v) is 39.8. The predicted octanol–water partition coefficient (Wildman–Crippen LogP) is 15.5. The maximum atomic E-state index is 12.4. The Hall–Kier alpha value is -2.56. The van der Waals surface area contributed by atoms with Crippen LogP contribution in [0.3, 0.4) is 0 Å². The van der Waals surface area contributed by atoms with E-state index in [1.807, 2.05) is 80.5 Å². The molecule has 10 nitrogen and oxygen atoms in total. The van der Waals surface area contributed by atoms with Gasteiger partial charge in [-0.2, -0.15) is 0 Å². The summed E-state index contributed by atoms with van der Waals surface area (Å²) >= 11 is 5.20. The molecule has 2 aromatic heterocycles. The first-order chi connectivity index (χ1) is 33.9. The first-order valence-electron chi connectivity index (χ1n) is 26.9. The number of piperidine rings is 2. The molecule has 2 fully saturated rings. The Morgan fingerprint density at radius 1 is 0.667 bits per heavy atom. The number of carbonyl (C=O) groups excluding carboxylic acids is 2. The van der Waals surface area contributed by atoms with Gasteiger partial charge in [-0.05, 0) is 138 Å². The van der Waals surface area contributed by atoms with Gasteiger partial charge < -0.3 is 19.3 Å². The van der Waals surface area contributed by atoms with E-state index in [4.69, 9.17) is 14.5 Å². The normalized spacial score (nSPS) is 15.9. The summed E-state index contributed by atoms with van der Waals surface area (Å²) in [4.78, 5) is 42.4. The van der Waals surface area contributed by atoms with E-state index in [0.29, 0.717) is 0 Å². The number of rotatable bonds is 17. The van der Waals surface area contributed by atoms with Crippen molar-refractivity contribution >= 4 is 72.2 Å². The largest absolute Gasteiger partial charge is 0.444 e. The van der Waals surface area contributed by atoms with Crippen LogP contribution in [0.2, 0.25) is 13.3 Å². The van der Waals surface area contributed by atoms with Gasteiger partial charge in [-0.25, -0.2) is 14.6 Å². The van der Waals surface area contributed by atoms with Crippen molar-refractivity contribution in [1.82, 2.24) is 29.6 Å². The smallest absolute Gasteiger partial charge is 0.410 e. The molecule has 0 saturated carbocycles. The molecule has 6 rings (SSSR count). The molecule has 0 unspecified atom stereocenters. The molecule has 72 heavy (non-hydrogen) atoms. The van der Waals surface area contributed by atoms with Crippen LogP contribution in [0.15, 0.2) is 64.0 Å². The van der Waals surface area contributed by atoms with Gasteiger partial charge in [0.05, 0.1) is 0 Å². The van der Waals surface area contributed by atoms with Crippen molar-refractivity contribution in [3.8, 4) is 10.6 Å². The van der Waals surface area contributed by atoms with E-state index < -0.39 is 29.6 Å². The molecule has 0 aliphatic carbocycles. The van der Waals surface area contributed by atoms with Crippen LogP contribution in [0.25, 0.3) is 10.6 Å². The van der Waals surface area contributed by atoms with E-state index in [9.17, 15) is 9.59 Å². The summed E-state index contributed by atoms with van der Waals surface area (Å²) in [5.41, 5.74) is 5.56. The van der Waals surface area contributed by atoms with Crippen molar-refractivity contribution in [2.24, 2.45) is 0 Å². The Balaban J connectivity index is 0.000000241. The van der Waals surface area contributed by atoms with Gasteiger partial charge in [-0.1, -0.05) is 45.8 Å². The summed E-state index contributed by atoms with van der Waals surface area (Å²) in [6.45, 7) is 32.0. The molecule has 14 heteroatoms. The molecule has 0 bridgehead atoms. The first kappa shape index (κ1) is 62.0. The van der Waals surface area contributed by atoms with Gasteiger partial charge in [0.2, 0.25) is 0 Å². The van der Waals surface area contributed by atoms with Crippen molar-refractivity contribution in [3.05, 3.63) is 86.3 Å². The summed E-state index contributed by atoms with van der Waals surface area (Å²) in [6, 6.07) is 13.1. The van der Waals surface area contributed by atoms with Crippen LogP contribution in [0, 0.1) is 13.8 Å². The molecule has 0 radical (unpaired) electrons. The molecule has 2 aromatic carbocycles. The van der Waals surface area contributed by atoms with E-state index in [0.717, 1.165) is 74.4 Å². The summed E-state index contributed by atoms with van der Waals surface area (Å²) in [5, 5.41) is 5.30. The number of ether oxygens (including phenoxy) is 2. The van der Waals surface area contributed by atoms with Gasteiger partial charge in [0.15, 0.2) is 0 Å². The maximum absolute atomic E-state index is 12.4. The van der Waals surface area contributed by atoms with E-state index in [1.165, 1.54) is 66.3 Å². The van der Waals surface area contributed by atoms with Crippen molar-refractivity contribution < 1.29 is 19.1 Å². The van der Waals surface area contributed by atoms with Gasteiger partial charge in [0.1, 0.15) is 16.2 Å². The fraction of sp³-hybridized carbons (Fsp3) is 0.655. The summed E-state index contributed by atoms with van der Waals surface area (Å²) < 4.78 is 18.4. The monoisotopic (exact) mass is 1200 g/mol. The average Bonchev–Trinajstić information content (AvgIpc) is 4.07. The summed E-state index contributed by atoms with van der Waals surface area (Å²) in [7, 11) is 4.37. The standard InChI is InChI=1S/C23H33N3O2S.C20H31BrN2O2.3C4H9.C3H2NS.Sn/c1-17-7-8-18(19(15-17)20-24-11-14-29-20)16-25(6)23(5)9-12-26(13-10-23)21(27)28-22(2,3)4;1-15-7-8-16(17(21)13-15)14-22(6)20(5)9-11-23(12-10-20)18(24)25-19(2,3)4;3*1-3-4-2;1-2-5-3-4-1;/h7-8,11,14-15H,9-10,12-13,16H2,1-6H3;7-8,13H,9-12,14H2,1-6H3;3*1,3-4H2,2H3;1-2H;. The van der Waals surface area contributed by atoms with Crippen molar-refractivity contribution in [2.75, 3.05) is 40.3 Å². The summed E-state index contributed by atoms with van der Waals surface area (Å²) in [6.07, 6.45) is 15.6. The number of carbonyl (C=O) groups is 2. The number of aromatic nitrogens is 2. The molecule has 4 aromatic rings. The van der Waals surface area contributed by atoms with Crippen LogP contribution in [0.1, 0.15) is 163 Å². The molecule has 2 aliphatic heterocycles. The van der Waals surface area contributed by atoms with E-state index in [-0.39, 0.29) is 23.3 Å². The predicted molar refractivity (Wildman–Crippen MR) is 312 cm³/mol. The zero-order chi connectivity index (χ0) is 53.3. The van der Waals surface area contributed by atoms with Gasteiger partial charge in [-0.15, -0.1) is 11.3 Å². The number of thiazole rings is 2. The summed E-state index contributed by atoms with van der Waals surface area (Å²) in [5.74, 6) is 0. The van der Waals surface area contributed by atoms with Crippen LogP contribution < -0.4 is 3.02 Å². The maximum Gasteiger partial charge on any atom is 0.410 e. The van der Waals surface area contributed by atoms with E-state index in [2.05, 4.69) is 135 Å². The number of hydrogen-bond donors (Lipinski definition) is 0. The number of nitrogens with zero attached hydrogens (tertiary/aromatic N) is 6. The van der Waals surface area contributed by atoms with E-state index >= 15 is 0 Å². The van der Waals surface area contributed by atoms with Gasteiger partial charge in [0.25, 0.3) is 0 Å². The Labute approximate surface area is 457 Å². The molecule has 0 N–H and O–H groups in total. The molecular weight excluding hydrogens is 1110 g/mol. The number of benzene rings is 2. The van der Waals surface area contributed by atoms with Crippen LogP contribution >= 0.6 is 38.6 Å². The minimum absolute atomic E-state index is 0.0452. The SMILES string of the molecule is CCC[CH2][Sn]([CH2]CCC)([CH2]CCC)[c]1nccs1.Cc1ccc(CN(C)C2(C)CCN(C(=O)OC(C)(C)C)CC2)c(-c2nccs2)c1.Cc1ccc(CN(C)C2(C)CCN(C(=O)OC(C)(C)C)CC2)c(Br)c1. The molecule has 4 heterocycles. The molecule has 0 spiro atoms. The van der Waals surface area contributed by atoms with Crippen LogP contribution in [-0.4, -0.2) is 123 Å². The minimum atomic E-state index is -2.12. The molecule has 0 atom stereocenters. The van der Waals surface area contributed by atoms with Crippen molar-refractivity contribution in [1.29, 1.82) is 0 Å². The second kappa shape index (κ2) is 28.5. The Morgan fingerprint density at radius 3 is 1.47 bits per heavy atom. The fourth-order valence-electron chi connectivity index (χ4n) is 9.54. The van der Waals surface area contributed by atoms with E-state index in [1.54, 1.807) is 27.7 Å². The number of unbranched alkanes of at least 4 members (excludes halogenated alkanes) is 3. The molecular formula is C58H93BrN6O4S2Sn. The third-order valence-electron chi connectivity index (χ3n) is 14.7. The van der Waals surface area contributed by atoms with Gasteiger partial charge in [-0.3, -0.25) is 9.80 Å². The van der Waals surface area contributed by atoms with Crippen LogP contribution in [-0.2, 0) is 22.6 Å². The van der Waals surface area contributed by atoms with Crippen molar-refractivity contribution in [2.45, 2.75) is 203 Å². The topological polar surface area (TPSA) is 91.3 Å². The zero-order valence-electron chi connectivity index (χ0n) is 47.2. The Bertz CT molecular complexity index is 2210. The number of amides is 2. The molecule has 2 amide bonds. The van der Waals surface area contributed by atoms with Crippen LogP contribution in [0.5, 0.6) is 0 Å². The third kappa shape index (κ3) is 19.2. The Kier molecular flexibility index (Phi) is 24.6. The quantitative estimate of drug-likeness (QED) is 0.0966. The molecule has 2 aliphatic rings. The number of aryl methyl sites for hydroxylation is 2. The second-order valence-electron chi connectivity index (χ2n) is 23.2. The van der Waals surface area contributed by atoms with Gasteiger partial charge in [0, 0.05) is 72.0 Å². The average molecular weight is 1200 g/mol. The Morgan fingerprint density at radius 2 is 1.08 bits per heavy atom. The van der Waals surface area contributed by atoms with Gasteiger partial charge >= 0.3 is 134 Å². The number of halogens is 1. The zero-order valence-corrected chi connectivity index (χ0v) is 53.3. The molecule has 2 saturated heterocycles. The number of hydrogen-bond acceptors (Lipinski definition) is 10. The minimum Gasteiger partial charge on any atom is -0.444 e. The number of likely N-dealkylation sites (tertiary alicyclic amines) is 2. The fourth-order valence-corrected chi connectivity index (χ4v) is 30.0. The first-order valence-corrected chi connectivity index (χ1v) is 36.9. The van der Waals surface area contributed by atoms with Crippen LogP contribution in [0.4, 0.5) is 9.59 Å². The van der Waals surface area contributed by atoms with Crippen molar-refractivity contribution in [3.63, 3.8) is 0 Å². The third-order valence-corrected chi connectivity index (χ3v) is 34.9. The molecule has 402 valence electrons.